The van der Waals surface area contributed by atoms with Crippen LogP contribution in [0.4, 0.5) is 0 Å². The predicted octanol–water partition coefficient (Wildman–Crippen LogP) is 20.3. The lowest BCUT2D eigenvalue weighted by molar-refractivity contribution is -0.161. The molecule has 19 heteroatoms. The molecule has 2 unspecified atom stereocenters. The lowest BCUT2D eigenvalue weighted by atomic mass is 10.0. The van der Waals surface area contributed by atoms with Gasteiger partial charge in [0, 0.05) is 25.7 Å². The fraction of sp³-hybridized carbons (Fsp3) is 0.943. The van der Waals surface area contributed by atoms with Crippen LogP contribution in [-0.2, 0) is 65.4 Å². The van der Waals surface area contributed by atoms with Gasteiger partial charge in [0.25, 0.3) is 0 Å². The van der Waals surface area contributed by atoms with Gasteiger partial charge < -0.3 is 33.8 Å². The second-order valence-electron chi connectivity index (χ2n) is 25.3. The summed E-state index contributed by atoms with van der Waals surface area (Å²) in [6, 6.07) is 0. The molecule has 0 saturated heterocycles. The van der Waals surface area contributed by atoms with E-state index in [2.05, 4.69) is 27.7 Å². The number of carbonyl (C=O) groups excluding carboxylic acids is 4. The average molecular weight is 1310 g/mol. The average Bonchev–Trinajstić information content (AvgIpc) is 3.56. The van der Waals surface area contributed by atoms with E-state index in [1.54, 1.807) is 0 Å². The first kappa shape index (κ1) is 87.1. The number of unbranched alkanes of at least 4 members (excludes halogenated alkanes) is 45. The minimum Gasteiger partial charge on any atom is -0.462 e. The number of esters is 4. The van der Waals surface area contributed by atoms with Crippen molar-refractivity contribution in [3.05, 3.63) is 0 Å². The van der Waals surface area contributed by atoms with Crippen LogP contribution in [0.25, 0.3) is 0 Å². The van der Waals surface area contributed by atoms with Crippen LogP contribution in [0, 0.1) is 0 Å². The molecule has 0 bridgehead atoms. The van der Waals surface area contributed by atoms with Crippen LogP contribution in [0.15, 0.2) is 0 Å². The number of ether oxygens (including phenoxy) is 4. The Morgan fingerprint density at radius 1 is 0.270 bits per heavy atom. The van der Waals surface area contributed by atoms with Gasteiger partial charge in [-0.1, -0.05) is 317 Å². The van der Waals surface area contributed by atoms with E-state index in [0.29, 0.717) is 25.7 Å². The van der Waals surface area contributed by atoms with Crippen molar-refractivity contribution in [3.63, 3.8) is 0 Å². The number of aliphatic hydroxyl groups is 1. The van der Waals surface area contributed by atoms with E-state index in [1.807, 2.05) is 0 Å². The molecule has 0 fully saturated rings. The fourth-order valence-electron chi connectivity index (χ4n) is 10.7. The highest BCUT2D eigenvalue weighted by Crippen LogP contribution is 2.45. The maximum atomic E-state index is 13.0. The van der Waals surface area contributed by atoms with Crippen LogP contribution >= 0.6 is 15.6 Å². The van der Waals surface area contributed by atoms with E-state index in [4.69, 9.17) is 37.0 Å². The molecule has 17 nitrogen and oxygen atoms in total. The SMILES string of the molecule is CCCCCCCCCCCCCCCCCCCCCCC(=O)O[C@H](COC(=O)CCCCCCCCCCCCCCCCC)COP(=O)(O)OC[C@@H](O)COP(=O)(O)OC[C@@H](COC(=O)CCCCCCCCC)OC(=O)CCCCCCCCC. The first-order valence-corrected chi connectivity index (χ1v) is 39.8. The number of aliphatic hydroxyl groups excluding tert-OH is 1. The molecule has 0 aliphatic heterocycles. The normalized spacial score (nSPS) is 14.0. The van der Waals surface area contributed by atoms with Crippen LogP contribution < -0.4 is 0 Å². The zero-order valence-electron chi connectivity index (χ0n) is 57.4. The van der Waals surface area contributed by atoms with Gasteiger partial charge in [-0.3, -0.25) is 37.3 Å². The molecular weight excluding hydrogens is 1170 g/mol. The van der Waals surface area contributed by atoms with Gasteiger partial charge in [-0.2, -0.15) is 0 Å². The molecule has 528 valence electrons. The Bertz CT molecular complexity index is 1710. The van der Waals surface area contributed by atoms with E-state index in [0.717, 1.165) is 116 Å². The molecule has 0 radical (unpaired) electrons. The summed E-state index contributed by atoms with van der Waals surface area (Å²) in [5.41, 5.74) is 0. The van der Waals surface area contributed by atoms with Crippen LogP contribution in [0.3, 0.4) is 0 Å². The third-order valence-electron chi connectivity index (χ3n) is 16.4. The summed E-state index contributed by atoms with van der Waals surface area (Å²) in [5.74, 6) is -2.13. The number of rotatable bonds is 71. The number of phosphoric ester groups is 2. The molecule has 0 aromatic rings. The molecule has 5 atom stereocenters. The molecule has 89 heavy (non-hydrogen) atoms. The van der Waals surface area contributed by atoms with Crippen molar-refractivity contribution >= 4 is 39.5 Å². The topological polar surface area (TPSA) is 237 Å². The Labute approximate surface area is 543 Å². The van der Waals surface area contributed by atoms with E-state index in [1.165, 1.54) is 173 Å². The summed E-state index contributed by atoms with van der Waals surface area (Å²) < 4.78 is 68.0. The van der Waals surface area contributed by atoms with E-state index >= 15 is 0 Å². The van der Waals surface area contributed by atoms with Gasteiger partial charge in [-0.25, -0.2) is 9.13 Å². The van der Waals surface area contributed by atoms with Crippen LogP contribution in [0.1, 0.15) is 368 Å². The van der Waals surface area contributed by atoms with Crippen molar-refractivity contribution in [2.24, 2.45) is 0 Å². The van der Waals surface area contributed by atoms with Crippen LogP contribution in [0.5, 0.6) is 0 Å². The quantitative estimate of drug-likeness (QED) is 0.0222. The summed E-state index contributed by atoms with van der Waals surface area (Å²) in [7, 11) is -9.88. The van der Waals surface area contributed by atoms with Gasteiger partial charge in [-0.05, 0) is 25.7 Å². The number of hydrogen-bond donors (Lipinski definition) is 3. The minimum absolute atomic E-state index is 0.104. The molecule has 0 amide bonds. The molecule has 0 spiro atoms. The molecule has 0 aromatic carbocycles. The van der Waals surface area contributed by atoms with Gasteiger partial charge in [-0.15, -0.1) is 0 Å². The summed E-state index contributed by atoms with van der Waals surface area (Å²) >= 11 is 0. The summed E-state index contributed by atoms with van der Waals surface area (Å²) in [5, 5.41) is 10.5. The van der Waals surface area contributed by atoms with Crippen molar-refractivity contribution in [2.75, 3.05) is 39.6 Å². The van der Waals surface area contributed by atoms with Crippen molar-refractivity contribution in [1.29, 1.82) is 0 Å². The summed E-state index contributed by atoms with van der Waals surface area (Å²) in [4.78, 5) is 72.2. The fourth-order valence-corrected chi connectivity index (χ4v) is 12.3. The number of hydrogen-bond acceptors (Lipinski definition) is 15. The van der Waals surface area contributed by atoms with Gasteiger partial charge in [0.15, 0.2) is 12.2 Å². The second kappa shape index (κ2) is 64.8. The van der Waals surface area contributed by atoms with Crippen molar-refractivity contribution in [1.82, 2.24) is 0 Å². The number of carbonyl (C=O) groups is 4. The molecular formula is C70H136O17P2. The Morgan fingerprint density at radius 2 is 0.449 bits per heavy atom. The zero-order valence-corrected chi connectivity index (χ0v) is 59.2. The maximum absolute atomic E-state index is 13.0. The molecule has 0 rings (SSSR count). The Balaban J connectivity index is 5.12. The van der Waals surface area contributed by atoms with Gasteiger partial charge in [0.1, 0.15) is 19.3 Å². The Morgan fingerprint density at radius 3 is 0.663 bits per heavy atom. The van der Waals surface area contributed by atoms with E-state index in [-0.39, 0.29) is 25.7 Å². The summed E-state index contributed by atoms with van der Waals surface area (Å²) in [6.07, 6.45) is 53.1. The second-order valence-corrected chi connectivity index (χ2v) is 28.2. The van der Waals surface area contributed by atoms with E-state index in [9.17, 15) is 43.2 Å². The molecule has 3 N–H and O–H groups in total. The van der Waals surface area contributed by atoms with E-state index < -0.39 is 97.5 Å². The molecule has 0 heterocycles. The highest BCUT2D eigenvalue weighted by molar-refractivity contribution is 7.47. The van der Waals surface area contributed by atoms with Crippen molar-refractivity contribution in [2.45, 2.75) is 386 Å². The van der Waals surface area contributed by atoms with Gasteiger partial charge in [0.05, 0.1) is 26.4 Å². The third kappa shape index (κ3) is 64.6. The lowest BCUT2D eigenvalue weighted by Gasteiger charge is -2.21. The molecule has 0 aliphatic carbocycles. The zero-order chi connectivity index (χ0) is 65.4. The maximum Gasteiger partial charge on any atom is 0.472 e. The third-order valence-corrected chi connectivity index (χ3v) is 18.3. The van der Waals surface area contributed by atoms with Crippen molar-refractivity contribution < 1.29 is 80.2 Å². The molecule has 0 aliphatic rings. The van der Waals surface area contributed by atoms with Crippen LogP contribution in [-0.4, -0.2) is 96.7 Å². The van der Waals surface area contributed by atoms with Crippen molar-refractivity contribution in [3.8, 4) is 0 Å². The summed E-state index contributed by atoms with van der Waals surface area (Å²) in [6.45, 7) is 4.86. The molecule has 0 saturated carbocycles. The molecule has 0 aromatic heterocycles. The smallest absolute Gasteiger partial charge is 0.462 e. The monoisotopic (exact) mass is 1310 g/mol. The Kier molecular flexibility index (Phi) is 63.3. The lowest BCUT2D eigenvalue weighted by Crippen LogP contribution is -2.30. The van der Waals surface area contributed by atoms with Gasteiger partial charge >= 0.3 is 39.5 Å². The Hall–Kier alpha value is -1.94. The standard InChI is InChI=1S/C70H136O17P2/c1-5-9-13-17-21-23-25-27-29-30-31-32-33-35-37-39-41-45-49-53-57-70(75)87-66(61-81-68(73)55-51-47-44-40-38-36-34-28-26-24-22-18-14-10-6-2)63-85-89(78,79)83-59-64(71)58-82-88(76,77)84-62-65(86-69(74)56-52-48-43-20-16-12-8-4)60-80-67(72)54-50-46-42-19-15-11-7-3/h64-66,71H,5-63H2,1-4H3,(H,76,77)(H,78,79)/t64-,65+,66+/m0/s1. The predicted molar refractivity (Wildman–Crippen MR) is 359 cm³/mol. The van der Waals surface area contributed by atoms with Crippen LogP contribution in [0.2, 0.25) is 0 Å². The number of phosphoric acid groups is 2. The first-order chi connectivity index (χ1) is 43.2. The first-order valence-electron chi connectivity index (χ1n) is 36.8. The largest absolute Gasteiger partial charge is 0.472 e. The highest BCUT2D eigenvalue weighted by Gasteiger charge is 2.30. The highest BCUT2D eigenvalue weighted by atomic mass is 31.2. The van der Waals surface area contributed by atoms with Gasteiger partial charge in [0.2, 0.25) is 0 Å². The minimum atomic E-state index is -4.95.